The van der Waals surface area contributed by atoms with Gasteiger partial charge in [0.25, 0.3) is 5.91 Å². The molecule has 2 aliphatic heterocycles. The van der Waals surface area contributed by atoms with Gasteiger partial charge in [0.2, 0.25) is 5.76 Å². The molecule has 0 aliphatic carbocycles. The summed E-state index contributed by atoms with van der Waals surface area (Å²) in [6.07, 6.45) is 1.68. The van der Waals surface area contributed by atoms with E-state index in [-0.39, 0.29) is 17.1 Å². The third kappa shape index (κ3) is 3.47. The van der Waals surface area contributed by atoms with Crippen molar-refractivity contribution >= 4 is 16.9 Å². The average molecular weight is 422 g/mol. The van der Waals surface area contributed by atoms with E-state index in [1.165, 1.54) is 4.90 Å². The van der Waals surface area contributed by atoms with Gasteiger partial charge in [0.15, 0.2) is 5.43 Å². The van der Waals surface area contributed by atoms with E-state index in [9.17, 15) is 9.59 Å². The van der Waals surface area contributed by atoms with Crippen molar-refractivity contribution in [2.75, 3.05) is 46.5 Å². The van der Waals surface area contributed by atoms with Crippen LogP contribution in [0, 0.1) is 0 Å². The van der Waals surface area contributed by atoms with Crippen LogP contribution in [0.15, 0.2) is 51.8 Å². The number of methoxy groups -OCH3 is 1. The monoisotopic (exact) mass is 422 g/mol. The van der Waals surface area contributed by atoms with Crippen LogP contribution in [0.5, 0.6) is 5.75 Å². The Morgan fingerprint density at radius 1 is 1.19 bits per heavy atom. The Kier molecular flexibility index (Phi) is 5.17. The summed E-state index contributed by atoms with van der Waals surface area (Å²) in [5, 5.41) is 0.425. The zero-order valence-corrected chi connectivity index (χ0v) is 17.3. The van der Waals surface area contributed by atoms with Crippen LogP contribution < -0.4 is 15.1 Å². The van der Waals surface area contributed by atoms with Crippen LogP contribution in [0.2, 0.25) is 0 Å². The van der Waals surface area contributed by atoms with E-state index in [4.69, 9.17) is 13.9 Å². The molecule has 3 aromatic rings. The topological polar surface area (TPSA) is 86.3 Å². The molecule has 8 heteroatoms. The van der Waals surface area contributed by atoms with E-state index in [0.717, 1.165) is 32.8 Å². The molecule has 1 atom stereocenters. The van der Waals surface area contributed by atoms with Crippen LogP contribution in [-0.4, -0.2) is 62.3 Å². The summed E-state index contributed by atoms with van der Waals surface area (Å²) in [5.74, 6) is 0.383. The predicted octanol–water partition coefficient (Wildman–Crippen LogP) is 0.657. The number of pyridine rings is 1. The van der Waals surface area contributed by atoms with Crippen molar-refractivity contribution in [3.05, 3.63) is 69.8 Å². The molecule has 8 nitrogen and oxygen atoms in total. The molecule has 2 aromatic heterocycles. The smallest absolute Gasteiger partial charge is 0.291 e. The molecule has 0 bridgehead atoms. The van der Waals surface area contributed by atoms with Gasteiger partial charge < -0.3 is 23.7 Å². The number of nitrogens with zero attached hydrogens (tertiary/aromatic N) is 2. The number of quaternary nitrogens is 1. The second kappa shape index (κ2) is 8.13. The zero-order chi connectivity index (χ0) is 21.4. The van der Waals surface area contributed by atoms with Crippen LogP contribution in [0.4, 0.5) is 0 Å². The lowest BCUT2D eigenvalue weighted by Crippen LogP contribution is -3.14. The van der Waals surface area contributed by atoms with Crippen LogP contribution in [0.3, 0.4) is 0 Å². The summed E-state index contributed by atoms with van der Waals surface area (Å²) < 4.78 is 16.7. The molecule has 0 unspecified atom stereocenters. The highest BCUT2D eigenvalue weighted by Crippen LogP contribution is 2.37. The van der Waals surface area contributed by atoms with Crippen molar-refractivity contribution in [1.82, 2.24) is 9.88 Å². The molecule has 0 radical (unpaired) electrons. The molecule has 2 aliphatic rings. The SMILES string of the molecule is COc1ccc2c(=O)c3c(oc2c1)C(=O)N(CC[NH+]1CCOCC1)[C@H]3c1ccccn1. The van der Waals surface area contributed by atoms with Gasteiger partial charge in [-0.15, -0.1) is 0 Å². The fourth-order valence-corrected chi connectivity index (χ4v) is 4.39. The fourth-order valence-electron chi connectivity index (χ4n) is 4.39. The maximum atomic E-state index is 13.5. The standard InChI is InChI=1S/C23H23N3O5/c1-29-15-5-6-16-18(14-15)31-22-19(21(16)27)20(17-4-2-3-7-24-17)26(23(22)28)9-8-25-10-12-30-13-11-25/h2-7,14,20H,8-13H2,1H3/p+1/t20-/m0/s1. The first-order valence-corrected chi connectivity index (χ1v) is 10.5. The lowest BCUT2D eigenvalue weighted by atomic mass is 10.0. The van der Waals surface area contributed by atoms with Gasteiger partial charge >= 0.3 is 0 Å². The van der Waals surface area contributed by atoms with Gasteiger partial charge in [-0.05, 0) is 24.3 Å². The third-order valence-electron chi connectivity index (χ3n) is 6.05. The highest BCUT2D eigenvalue weighted by Gasteiger charge is 2.43. The van der Waals surface area contributed by atoms with Crippen molar-refractivity contribution < 1.29 is 23.6 Å². The first-order valence-electron chi connectivity index (χ1n) is 10.5. The zero-order valence-electron chi connectivity index (χ0n) is 17.3. The summed E-state index contributed by atoms with van der Waals surface area (Å²) in [6, 6.07) is 10.0. The molecule has 0 saturated carbocycles. The number of rotatable bonds is 5. The number of carbonyl (C=O) groups is 1. The molecule has 4 heterocycles. The van der Waals surface area contributed by atoms with E-state index < -0.39 is 6.04 Å². The molecule has 1 amide bonds. The van der Waals surface area contributed by atoms with E-state index in [1.54, 1.807) is 36.4 Å². The van der Waals surface area contributed by atoms with E-state index >= 15 is 0 Å². The average Bonchev–Trinajstić information content (AvgIpc) is 3.10. The van der Waals surface area contributed by atoms with E-state index in [0.29, 0.717) is 34.5 Å². The molecule has 1 N–H and O–H groups in total. The maximum absolute atomic E-state index is 13.5. The summed E-state index contributed by atoms with van der Waals surface area (Å²) in [5.41, 5.74) is 1.16. The van der Waals surface area contributed by atoms with E-state index in [2.05, 4.69) is 4.98 Å². The van der Waals surface area contributed by atoms with Crippen molar-refractivity contribution in [3.8, 4) is 5.75 Å². The van der Waals surface area contributed by atoms with Crippen molar-refractivity contribution in [2.45, 2.75) is 6.04 Å². The largest absolute Gasteiger partial charge is 0.497 e. The molecular weight excluding hydrogens is 398 g/mol. The number of fused-ring (bicyclic) bond motifs is 2. The molecule has 1 saturated heterocycles. The minimum absolute atomic E-state index is 0.0957. The van der Waals surface area contributed by atoms with Crippen LogP contribution in [-0.2, 0) is 4.74 Å². The fraction of sp³-hybridized carbons (Fsp3) is 0.348. The maximum Gasteiger partial charge on any atom is 0.291 e. The number of carbonyl (C=O) groups excluding carboxylic acids is 1. The Balaban J connectivity index is 1.59. The Bertz CT molecular complexity index is 1170. The number of benzene rings is 1. The number of hydrogen-bond acceptors (Lipinski definition) is 6. The normalized spacial score (nSPS) is 19.1. The minimum Gasteiger partial charge on any atom is -0.497 e. The van der Waals surface area contributed by atoms with Crippen LogP contribution >= 0.6 is 0 Å². The quantitative estimate of drug-likeness (QED) is 0.650. The Morgan fingerprint density at radius 2 is 2.03 bits per heavy atom. The predicted molar refractivity (Wildman–Crippen MR) is 113 cm³/mol. The first-order chi connectivity index (χ1) is 15.2. The van der Waals surface area contributed by atoms with Gasteiger partial charge in [-0.2, -0.15) is 0 Å². The van der Waals surface area contributed by atoms with Gasteiger partial charge in [-0.25, -0.2) is 0 Å². The van der Waals surface area contributed by atoms with E-state index in [1.807, 2.05) is 18.2 Å². The number of nitrogens with one attached hydrogen (secondary N) is 1. The number of aromatic nitrogens is 1. The minimum atomic E-state index is -0.563. The lowest BCUT2D eigenvalue weighted by Gasteiger charge is -2.28. The van der Waals surface area contributed by atoms with Crippen LogP contribution in [0.25, 0.3) is 11.0 Å². The molecule has 0 spiro atoms. The van der Waals surface area contributed by atoms with Crippen LogP contribution in [0.1, 0.15) is 27.9 Å². The van der Waals surface area contributed by atoms with Gasteiger partial charge in [0.05, 0.1) is 50.1 Å². The van der Waals surface area contributed by atoms with Gasteiger partial charge in [0, 0.05) is 12.3 Å². The molecule has 5 rings (SSSR count). The van der Waals surface area contributed by atoms with Gasteiger partial charge in [-0.1, -0.05) is 6.07 Å². The molecule has 31 heavy (non-hydrogen) atoms. The highest BCUT2D eigenvalue weighted by atomic mass is 16.5. The Morgan fingerprint density at radius 3 is 2.77 bits per heavy atom. The molecule has 1 fully saturated rings. The van der Waals surface area contributed by atoms with Crippen molar-refractivity contribution in [2.24, 2.45) is 0 Å². The third-order valence-corrected chi connectivity index (χ3v) is 6.05. The molecular formula is C23H24N3O5+. The second-order valence-electron chi connectivity index (χ2n) is 7.80. The lowest BCUT2D eigenvalue weighted by molar-refractivity contribution is -0.907. The number of morpholine rings is 1. The number of ether oxygens (including phenoxy) is 2. The highest BCUT2D eigenvalue weighted by molar-refractivity contribution is 5.99. The van der Waals surface area contributed by atoms with Gasteiger partial charge in [0.1, 0.15) is 30.5 Å². The number of hydrogen-bond donors (Lipinski definition) is 1. The Labute approximate surface area is 179 Å². The number of amides is 1. The summed E-state index contributed by atoms with van der Waals surface area (Å²) in [4.78, 5) is 34.4. The summed E-state index contributed by atoms with van der Waals surface area (Å²) in [7, 11) is 1.55. The first kappa shape index (κ1) is 19.7. The molecule has 1 aromatic carbocycles. The van der Waals surface area contributed by atoms with Crippen molar-refractivity contribution in [1.29, 1.82) is 0 Å². The second-order valence-corrected chi connectivity index (χ2v) is 7.80. The van der Waals surface area contributed by atoms with Crippen molar-refractivity contribution in [3.63, 3.8) is 0 Å². The summed E-state index contributed by atoms with van der Waals surface area (Å²) in [6.45, 7) is 4.53. The van der Waals surface area contributed by atoms with Gasteiger partial charge in [-0.3, -0.25) is 14.6 Å². The molecule has 160 valence electrons. The Hall–Kier alpha value is -3.23. The summed E-state index contributed by atoms with van der Waals surface area (Å²) >= 11 is 0.